The number of rotatable bonds is 3. The molecule has 0 spiro atoms. The van der Waals surface area contributed by atoms with E-state index in [2.05, 4.69) is 21.0 Å². The average molecular weight is 367 g/mol. The van der Waals surface area contributed by atoms with E-state index in [1.165, 1.54) is 0 Å². The van der Waals surface area contributed by atoms with Gasteiger partial charge >= 0.3 is 5.69 Å². The number of hydrogen-bond donors (Lipinski definition) is 2. The van der Waals surface area contributed by atoms with Gasteiger partial charge in [-0.25, -0.2) is 9.78 Å². The Balaban J connectivity index is 1.67. The van der Waals surface area contributed by atoms with Crippen LogP contribution in [0.4, 0.5) is 5.82 Å². The van der Waals surface area contributed by atoms with E-state index in [-0.39, 0.29) is 5.69 Å². The molecule has 2 aromatic carbocycles. The fraction of sp³-hybridized carbons (Fsp3) is 0.0455. The summed E-state index contributed by atoms with van der Waals surface area (Å²) in [6.07, 6.45) is 1.77. The van der Waals surface area contributed by atoms with Crippen LogP contribution >= 0.6 is 0 Å². The van der Waals surface area contributed by atoms with Crippen molar-refractivity contribution in [3.63, 3.8) is 0 Å². The first-order valence-corrected chi connectivity index (χ1v) is 8.98. The summed E-state index contributed by atoms with van der Waals surface area (Å²) >= 11 is 0. The van der Waals surface area contributed by atoms with Crippen LogP contribution in [0.3, 0.4) is 0 Å². The summed E-state index contributed by atoms with van der Waals surface area (Å²) in [4.78, 5) is 24.4. The number of hydrogen-bond acceptors (Lipinski definition) is 4. The van der Waals surface area contributed by atoms with Crippen molar-refractivity contribution in [2.24, 2.45) is 0 Å². The standard InChI is InChI=1S/C22H17N5O/c23-21-19-20(16-8-1-2-10-18(16)25-21)27(22(28)26-19)13-14-6-5-7-15(12-14)17-9-3-4-11-24-17/h1-12H,13H2,(H2,23,25)(H,26,28). The van der Waals surface area contributed by atoms with E-state index in [4.69, 9.17) is 5.73 Å². The molecule has 6 heteroatoms. The molecule has 0 aliphatic heterocycles. The number of imidazole rings is 1. The van der Waals surface area contributed by atoms with Crippen LogP contribution < -0.4 is 11.4 Å². The highest BCUT2D eigenvalue weighted by atomic mass is 16.1. The maximum Gasteiger partial charge on any atom is 0.326 e. The Morgan fingerprint density at radius 3 is 2.71 bits per heavy atom. The van der Waals surface area contributed by atoms with Crippen LogP contribution in [0.2, 0.25) is 0 Å². The molecule has 3 aromatic heterocycles. The van der Waals surface area contributed by atoms with Gasteiger partial charge in [0.05, 0.1) is 23.3 Å². The number of nitrogens with one attached hydrogen (secondary N) is 1. The predicted molar refractivity (Wildman–Crippen MR) is 111 cm³/mol. The Kier molecular flexibility index (Phi) is 3.69. The summed E-state index contributed by atoms with van der Waals surface area (Å²) in [6, 6.07) is 21.6. The molecule has 0 aliphatic carbocycles. The number of aromatic amines is 1. The lowest BCUT2D eigenvalue weighted by atomic mass is 10.1. The molecule has 136 valence electrons. The molecule has 5 aromatic rings. The minimum atomic E-state index is -0.205. The molecular weight excluding hydrogens is 350 g/mol. The Morgan fingerprint density at radius 2 is 1.86 bits per heavy atom. The summed E-state index contributed by atoms with van der Waals surface area (Å²) in [7, 11) is 0. The first-order valence-electron chi connectivity index (χ1n) is 8.98. The van der Waals surface area contributed by atoms with Crippen molar-refractivity contribution in [1.82, 2.24) is 19.5 Å². The molecule has 3 N–H and O–H groups in total. The van der Waals surface area contributed by atoms with Crippen LogP contribution in [0.1, 0.15) is 5.56 Å². The van der Waals surface area contributed by atoms with Gasteiger partial charge in [-0.05, 0) is 29.8 Å². The van der Waals surface area contributed by atoms with Crippen molar-refractivity contribution in [3.8, 4) is 11.3 Å². The molecule has 0 aliphatic rings. The summed E-state index contributed by atoms with van der Waals surface area (Å²) < 4.78 is 1.72. The van der Waals surface area contributed by atoms with Gasteiger partial charge in [0.25, 0.3) is 0 Å². The highest BCUT2D eigenvalue weighted by molar-refractivity contribution is 6.06. The Morgan fingerprint density at radius 1 is 1.00 bits per heavy atom. The van der Waals surface area contributed by atoms with Crippen molar-refractivity contribution in [2.45, 2.75) is 6.54 Å². The van der Waals surface area contributed by atoms with E-state index in [0.717, 1.165) is 33.2 Å². The first-order chi connectivity index (χ1) is 13.7. The predicted octanol–water partition coefficient (Wildman–Crippen LogP) is 3.57. The lowest BCUT2D eigenvalue weighted by Gasteiger charge is -2.09. The SMILES string of the molecule is Nc1nc2ccccc2c2c1[nH]c(=O)n2Cc1cccc(-c2ccccn2)c1. The second-order valence-corrected chi connectivity index (χ2v) is 6.67. The molecule has 0 fully saturated rings. The van der Waals surface area contributed by atoms with Crippen molar-refractivity contribution >= 4 is 27.8 Å². The van der Waals surface area contributed by atoms with Crippen molar-refractivity contribution in [2.75, 3.05) is 5.73 Å². The van der Waals surface area contributed by atoms with Gasteiger partial charge in [-0.1, -0.05) is 42.5 Å². The number of nitrogens with two attached hydrogens (primary N) is 1. The number of anilines is 1. The fourth-order valence-electron chi connectivity index (χ4n) is 3.59. The zero-order valence-electron chi connectivity index (χ0n) is 15.0. The average Bonchev–Trinajstić information content (AvgIpc) is 3.06. The zero-order chi connectivity index (χ0) is 19.1. The van der Waals surface area contributed by atoms with E-state index in [9.17, 15) is 4.79 Å². The number of para-hydroxylation sites is 1. The van der Waals surface area contributed by atoms with E-state index in [1.807, 2.05) is 60.7 Å². The van der Waals surface area contributed by atoms with Gasteiger partial charge in [0.15, 0.2) is 0 Å². The molecule has 0 amide bonds. The Hall–Kier alpha value is -3.93. The van der Waals surface area contributed by atoms with Crippen LogP contribution in [0.25, 0.3) is 33.2 Å². The van der Waals surface area contributed by atoms with Crippen molar-refractivity contribution in [3.05, 3.63) is 89.0 Å². The van der Waals surface area contributed by atoms with Gasteiger partial charge < -0.3 is 10.7 Å². The third-order valence-corrected chi connectivity index (χ3v) is 4.87. The molecular formula is C22H17N5O. The lowest BCUT2D eigenvalue weighted by Crippen LogP contribution is -2.17. The first kappa shape index (κ1) is 16.3. The van der Waals surface area contributed by atoms with Crippen LogP contribution in [0.5, 0.6) is 0 Å². The topological polar surface area (TPSA) is 89.6 Å². The smallest absolute Gasteiger partial charge is 0.326 e. The molecule has 0 saturated heterocycles. The van der Waals surface area contributed by atoms with Gasteiger partial charge in [-0.15, -0.1) is 0 Å². The van der Waals surface area contributed by atoms with Gasteiger partial charge in [-0.3, -0.25) is 9.55 Å². The van der Waals surface area contributed by atoms with Gasteiger partial charge in [0.2, 0.25) is 0 Å². The number of nitrogens with zero attached hydrogens (tertiary/aromatic N) is 3. The summed E-state index contributed by atoms with van der Waals surface area (Å²) in [6.45, 7) is 0.424. The van der Waals surface area contributed by atoms with E-state index >= 15 is 0 Å². The number of aromatic nitrogens is 4. The van der Waals surface area contributed by atoms with E-state index in [0.29, 0.717) is 17.9 Å². The number of pyridine rings is 2. The highest BCUT2D eigenvalue weighted by Crippen LogP contribution is 2.26. The molecule has 0 unspecified atom stereocenters. The van der Waals surface area contributed by atoms with Crippen LogP contribution in [-0.2, 0) is 6.54 Å². The minimum Gasteiger partial charge on any atom is -0.382 e. The largest absolute Gasteiger partial charge is 0.382 e. The van der Waals surface area contributed by atoms with Gasteiger partial charge in [-0.2, -0.15) is 0 Å². The highest BCUT2D eigenvalue weighted by Gasteiger charge is 2.15. The van der Waals surface area contributed by atoms with Crippen LogP contribution in [-0.4, -0.2) is 19.5 Å². The number of benzene rings is 2. The number of fused-ring (bicyclic) bond motifs is 3. The monoisotopic (exact) mass is 367 g/mol. The zero-order valence-corrected chi connectivity index (χ0v) is 15.0. The van der Waals surface area contributed by atoms with Crippen molar-refractivity contribution in [1.29, 1.82) is 0 Å². The third kappa shape index (κ3) is 2.63. The summed E-state index contributed by atoms with van der Waals surface area (Å²) in [5.41, 5.74) is 10.9. The molecule has 3 heterocycles. The maximum atomic E-state index is 12.7. The molecule has 0 atom stereocenters. The van der Waals surface area contributed by atoms with Crippen LogP contribution in [0.15, 0.2) is 77.7 Å². The normalized spacial score (nSPS) is 11.3. The van der Waals surface area contributed by atoms with E-state index in [1.54, 1.807) is 10.8 Å². The summed E-state index contributed by atoms with van der Waals surface area (Å²) in [5.74, 6) is 0.326. The molecule has 5 rings (SSSR count). The quantitative estimate of drug-likeness (QED) is 0.510. The molecule has 0 radical (unpaired) electrons. The second kappa shape index (κ2) is 6.35. The minimum absolute atomic E-state index is 0.205. The fourth-order valence-corrected chi connectivity index (χ4v) is 3.59. The van der Waals surface area contributed by atoms with Gasteiger partial charge in [0, 0.05) is 17.1 Å². The molecule has 0 saturated carbocycles. The Labute approximate surface area is 160 Å². The van der Waals surface area contributed by atoms with E-state index < -0.39 is 0 Å². The molecule has 0 bridgehead atoms. The maximum absolute atomic E-state index is 12.7. The molecule has 28 heavy (non-hydrogen) atoms. The third-order valence-electron chi connectivity index (χ3n) is 4.87. The van der Waals surface area contributed by atoms with Gasteiger partial charge in [0.1, 0.15) is 11.3 Å². The number of nitrogen functional groups attached to an aromatic ring is 1. The second-order valence-electron chi connectivity index (χ2n) is 6.67. The van der Waals surface area contributed by atoms with Crippen molar-refractivity contribution < 1.29 is 0 Å². The Bertz CT molecular complexity index is 1370. The van der Waals surface area contributed by atoms with Crippen LogP contribution in [0, 0.1) is 0 Å². The summed E-state index contributed by atoms with van der Waals surface area (Å²) in [5, 5.41) is 0.894. The lowest BCUT2D eigenvalue weighted by molar-refractivity contribution is 0.789. The molecule has 6 nitrogen and oxygen atoms in total. The number of H-pyrrole nitrogens is 1.